The van der Waals surface area contributed by atoms with E-state index in [1.54, 1.807) is 7.05 Å². The van der Waals surface area contributed by atoms with Gasteiger partial charge in [-0.25, -0.2) is 27.9 Å². The van der Waals surface area contributed by atoms with E-state index in [4.69, 9.17) is 0 Å². The van der Waals surface area contributed by atoms with Gasteiger partial charge in [0.25, 0.3) is 5.56 Å². The number of carbonyl (C=O) groups excluding carboxylic acids is 2. The number of nitrogens with one attached hydrogen (secondary N) is 1. The van der Waals surface area contributed by atoms with E-state index in [1.807, 2.05) is 0 Å². The second-order valence-electron chi connectivity index (χ2n) is 6.11. The maximum Gasteiger partial charge on any atom is 0.340 e. The topological polar surface area (TPSA) is 117 Å². The first kappa shape index (κ1) is 19.9. The molecule has 0 aliphatic rings. The van der Waals surface area contributed by atoms with E-state index >= 15 is 0 Å². The van der Waals surface area contributed by atoms with Crippen molar-refractivity contribution in [2.45, 2.75) is 6.54 Å². The zero-order valence-corrected chi connectivity index (χ0v) is 15.5. The van der Waals surface area contributed by atoms with Gasteiger partial charge in [-0.05, 0) is 6.07 Å². The summed E-state index contributed by atoms with van der Waals surface area (Å²) in [6, 6.07) is 1.17. The molecule has 1 aromatic carbocycles. The fourth-order valence-corrected chi connectivity index (χ4v) is 2.78. The number of fused-ring (bicyclic) bond motifs is 1. The molecule has 0 fully saturated rings. The second kappa shape index (κ2) is 7.30. The molecule has 1 amide bonds. The van der Waals surface area contributed by atoms with E-state index in [9.17, 15) is 28.0 Å². The highest BCUT2D eigenvalue weighted by Crippen LogP contribution is 2.20. The molecule has 0 atom stereocenters. The number of imidazole rings is 1. The average molecular weight is 407 g/mol. The van der Waals surface area contributed by atoms with Crippen molar-refractivity contribution in [1.29, 1.82) is 0 Å². The van der Waals surface area contributed by atoms with Gasteiger partial charge in [0, 0.05) is 20.2 Å². The molecule has 0 aliphatic heterocycles. The Morgan fingerprint density at radius 1 is 1.17 bits per heavy atom. The molecule has 29 heavy (non-hydrogen) atoms. The van der Waals surface area contributed by atoms with Gasteiger partial charge in [0.15, 0.2) is 11.2 Å². The number of amides is 1. The Hall–Kier alpha value is -3.83. The maximum atomic E-state index is 14.0. The van der Waals surface area contributed by atoms with Crippen LogP contribution >= 0.6 is 0 Å². The van der Waals surface area contributed by atoms with Crippen LogP contribution < -0.4 is 16.6 Å². The summed E-state index contributed by atoms with van der Waals surface area (Å²) in [7, 11) is 3.95. The predicted molar refractivity (Wildman–Crippen MR) is 96.5 cm³/mol. The van der Waals surface area contributed by atoms with E-state index in [2.05, 4.69) is 15.0 Å². The highest BCUT2D eigenvalue weighted by Gasteiger charge is 2.20. The molecule has 12 heteroatoms. The van der Waals surface area contributed by atoms with Gasteiger partial charge >= 0.3 is 11.7 Å². The highest BCUT2D eigenvalue weighted by molar-refractivity contribution is 5.94. The third kappa shape index (κ3) is 3.39. The largest absolute Gasteiger partial charge is 0.465 e. The van der Waals surface area contributed by atoms with Crippen LogP contribution in [0.4, 0.5) is 14.5 Å². The number of esters is 1. The van der Waals surface area contributed by atoms with Crippen molar-refractivity contribution < 1.29 is 23.1 Å². The van der Waals surface area contributed by atoms with Crippen LogP contribution in [0, 0.1) is 11.6 Å². The molecular formula is C17H15F2N5O5. The summed E-state index contributed by atoms with van der Waals surface area (Å²) in [5.74, 6) is -4.32. The van der Waals surface area contributed by atoms with Crippen LogP contribution in [0.15, 0.2) is 28.0 Å². The Bertz CT molecular complexity index is 1270. The molecule has 0 unspecified atom stereocenters. The Kier molecular flexibility index (Phi) is 5.01. The highest BCUT2D eigenvalue weighted by atomic mass is 19.1. The summed E-state index contributed by atoms with van der Waals surface area (Å²) in [5.41, 5.74) is -2.41. The van der Waals surface area contributed by atoms with Crippen LogP contribution in [0.1, 0.15) is 10.4 Å². The number of aromatic nitrogens is 4. The van der Waals surface area contributed by atoms with Gasteiger partial charge in [-0.15, -0.1) is 0 Å². The molecular weight excluding hydrogens is 392 g/mol. The van der Waals surface area contributed by atoms with Crippen LogP contribution in [-0.4, -0.2) is 37.7 Å². The fraction of sp³-hybridized carbons (Fsp3) is 0.235. The number of hydrogen-bond acceptors (Lipinski definition) is 6. The minimum atomic E-state index is -1.17. The lowest BCUT2D eigenvalue weighted by atomic mass is 10.1. The summed E-state index contributed by atoms with van der Waals surface area (Å²) < 4.78 is 35.2. The third-order valence-corrected chi connectivity index (χ3v) is 4.24. The van der Waals surface area contributed by atoms with Crippen molar-refractivity contribution in [3.63, 3.8) is 0 Å². The molecule has 1 N–H and O–H groups in total. The molecule has 2 heterocycles. The minimum Gasteiger partial charge on any atom is -0.465 e. The van der Waals surface area contributed by atoms with Gasteiger partial charge in [0.05, 0.1) is 24.7 Å². The van der Waals surface area contributed by atoms with E-state index in [-0.39, 0.29) is 11.2 Å². The number of aryl methyl sites for hydroxylation is 2. The molecule has 0 spiro atoms. The zero-order valence-electron chi connectivity index (χ0n) is 15.5. The number of ether oxygens (including phenoxy) is 1. The van der Waals surface area contributed by atoms with Crippen molar-refractivity contribution >= 4 is 28.7 Å². The molecule has 0 bridgehead atoms. The summed E-state index contributed by atoms with van der Waals surface area (Å²) >= 11 is 0. The van der Waals surface area contributed by atoms with Gasteiger partial charge in [-0.1, -0.05) is 0 Å². The van der Waals surface area contributed by atoms with E-state index in [1.165, 1.54) is 17.9 Å². The van der Waals surface area contributed by atoms with Crippen LogP contribution in [0.5, 0.6) is 0 Å². The Labute approximate surface area is 160 Å². The monoisotopic (exact) mass is 407 g/mol. The van der Waals surface area contributed by atoms with Crippen molar-refractivity contribution in [3.05, 3.63) is 56.5 Å². The Morgan fingerprint density at radius 3 is 2.52 bits per heavy atom. The molecule has 152 valence electrons. The lowest BCUT2D eigenvalue weighted by Crippen LogP contribution is -2.42. The average Bonchev–Trinajstić information content (AvgIpc) is 3.06. The first-order valence-corrected chi connectivity index (χ1v) is 8.13. The molecule has 0 radical (unpaired) electrons. The SMILES string of the molecule is COC(=O)c1cc(NC(=O)Cn2c(=O)c3c(ncn3C)n(C)c2=O)c(F)cc1F. The lowest BCUT2D eigenvalue weighted by molar-refractivity contribution is -0.116. The van der Waals surface area contributed by atoms with E-state index in [0.29, 0.717) is 10.6 Å². The van der Waals surface area contributed by atoms with Gasteiger partial charge in [-0.3, -0.25) is 14.2 Å². The predicted octanol–water partition coefficient (Wildman–Crippen LogP) is 0.137. The first-order valence-electron chi connectivity index (χ1n) is 8.13. The van der Waals surface area contributed by atoms with Gasteiger partial charge in [0.2, 0.25) is 5.91 Å². The molecule has 0 saturated carbocycles. The van der Waals surface area contributed by atoms with E-state index < -0.39 is 52.6 Å². The van der Waals surface area contributed by atoms with Gasteiger partial charge in [-0.2, -0.15) is 0 Å². The normalized spacial score (nSPS) is 10.9. The number of halogens is 2. The minimum absolute atomic E-state index is 0.0980. The molecule has 0 aliphatic carbocycles. The lowest BCUT2D eigenvalue weighted by Gasteiger charge is -2.11. The Balaban J connectivity index is 1.97. The first-order chi connectivity index (χ1) is 13.6. The third-order valence-electron chi connectivity index (χ3n) is 4.24. The van der Waals surface area contributed by atoms with Crippen LogP contribution in [0.2, 0.25) is 0 Å². The number of nitrogens with zero attached hydrogens (tertiary/aromatic N) is 4. The maximum absolute atomic E-state index is 14.0. The van der Waals surface area contributed by atoms with Crippen LogP contribution in [0.25, 0.3) is 11.2 Å². The van der Waals surface area contributed by atoms with E-state index in [0.717, 1.165) is 17.7 Å². The number of methoxy groups -OCH3 is 1. The summed E-state index contributed by atoms with van der Waals surface area (Å²) in [4.78, 5) is 52.8. The second-order valence-corrected chi connectivity index (χ2v) is 6.11. The van der Waals surface area contributed by atoms with Crippen molar-refractivity contribution in [1.82, 2.24) is 18.7 Å². The standard InChI is InChI=1S/C17H15F2N5O5/c1-22-7-20-14-13(22)15(26)24(17(28)23(14)2)6-12(25)21-11-4-8(16(27)29-3)9(18)5-10(11)19/h4-5,7H,6H2,1-3H3,(H,21,25). The summed E-state index contributed by atoms with van der Waals surface area (Å²) in [6.07, 6.45) is 1.35. The van der Waals surface area contributed by atoms with Gasteiger partial charge in [0.1, 0.15) is 18.2 Å². The fourth-order valence-electron chi connectivity index (χ4n) is 2.78. The summed E-state index contributed by atoms with van der Waals surface area (Å²) in [5, 5.41) is 2.12. The number of carbonyl (C=O) groups is 2. The molecule has 3 rings (SSSR count). The Morgan fingerprint density at radius 2 is 1.86 bits per heavy atom. The molecule has 10 nitrogen and oxygen atoms in total. The molecule has 2 aromatic heterocycles. The number of anilines is 1. The quantitative estimate of drug-likeness (QED) is 0.615. The molecule has 0 saturated heterocycles. The number of hydrogen-bond donors (Lipinski definition) is 1. The zero-order chi connectivity index (χ0) is 21.5. The molecule has 3 aromatic rings. The van der Waals surface area contributed by atoms with Crippen molar-refractivity contribution in [3.8, 4) is 0 Å². The summed E-state index contributed by atoms with van der Waals surface area (Å²) in [6.45, 7) is -0.739. The van der Waals surface area contributed by atoms with Crippen molar-refractivity contribution in [2.24, 2.45) is 14.1 Å². The smallest absolute Gasteiger partial charge is 0.340 e. The van der Waals surface area contributed by atoms with Crippen molar-refractivity contribution in [2.75, 3.05) is 12.4 Å². The number of benzene rings is 1. The van der Waals surface area contributed by atoms with Gasteiger partial charge < -0.3 is 14.6 Å². The number of rotatable bonds is 4. The van der Waals surface area contributed by atoms with Crippen LogP contribution in [-0.2, 0) is 30.2 Å². The van der Waals surface area contributed by atoms with Crippen LogP contribution in [0.3, 0.4) is 0 Å².